The van der Waals surface area contributed by atoms with Crippen molar-refractivity contribution in [1.82, 2.24) is 9.55 Å². The number of nitro groups is 1. The molecule has 0 aliphatic heterocycles. The van der Waals surface area contributed by atoms with Gasteiger partial charge in [-0.3, -0.25) is 4.57 Å². The van der Waals surface area contributed by atoms with Crippen molar-refractivity contribution in [2.45, 2.75) is 12.5 Å². The number of hydrogen-bond donors (Lipinski definition) is 2. The Morgan fingerprint density at radius 1 is 1.75 bits per heavy atom. The number of halogens is 2. The lowest BCUT2D eigenvalue weighted by Crippen LogP contribution is -2.27. The molecule has 1 rings (SSSR count). The second-order valence-electron chi connectivity index (χ2n) is 3.07. The number of anilines is 1. The van der Waals surface area contributed by atoms with E-state index < -0.39 is 29.8 Å². The molecule has 7 nitrogen and oxygen atoms in total. The van der Waals surface area contributed by atoms with Gasteiger partial charge in [-0.2, -0.15) is 0 Å². The summed E-state index contributed by atoms with van der Waals surface area (Å²) in [5.74, 6) is -0.492. The van der Waals surface area contributed by atoms with E-state index in [1.807, 2.05) is 0 Å². The van der Waals surface area contributed by atoms with Crippen molar-refractivity contribution >= 4 is 11.6 Å². The van der Waals surface area contributed by atoms with Gasteiger partial charge in [0.15, 0.2) is 0 Å². The largest absolute Gasteiger partial charge is 0.406 e. The van der Waals surface area contributed by atoms with Crippen LogP contribution in [-0.4, -0.2) is 38.7 Å². The Bertz CT molecular complexity index is 382. The third-order valence-electron chi connectivity index (χ3n) is 1.86. The third kappa shape index (κ3) is 2.63. The van der Waals surface area contributed by atoms with Crippen LogP contribution < -0.4 is 5.32 Å². The molecule has 1 atom stereocenters. The van der Waals surface area contributed by atoms with Gasteiger partial charge >= 0.3 is 5.82 Å². The Kier molecular flexibility index (Phi) is 3.72. The van der Waals surface area contributed by atoms with Gasteiger partial charge < -0.3 is 20.5 Å². The van der Waals surface area contributed by atoms with Crippen LogP contribution >= 0.6 is 0 Å². The van der Waals surface area contributed by atoms with Gasteiger partial charge in [0.1, 0.15) is 6.10 Å². The summed E-state index contributed by atoms with van der Waals surface area (Å²) in [5, 5.41) is 21.7. The summed E-state index contributed by atoms with van der Waals surface area (Å²) in [5.41, 5.74) is 0. The molecule has 0 fully saturated rings. The highest BCUT2D eigenvalue weighted by molar-refractivity contribution is 5.51. The van der Waals surface area contributed by atoms with Gasteiger partial charge in [0, 0.05) is 13.6 Å². The SMILES string of the molecule is Cn1cnc([N+](=O)[O-])c1NCC(O)C(F)F. The molecule has 2 N–H and O–H groups in total. The minimum absolute atomic E-state index is 0.0234. The highest BCUT2D eigenvalue weighted by Crippen LogP contribution is 2.20. The van der Waals surface area contributed by atoms with Crippen LogP contribution in [0, 0.1) is 10.1 Å². The molecule has 1 aromatic rings. The lowest BCUT2D eigenvalue weighted by atomic mass is 10.3. The first-order valence-electron chi connectivity index (χ1n) is 4.29. The quantitative estimate of drug-likeness (QED) is 0.569. The molecule has 0 aliphatic carbocycles. The summed E-state index contributed by atoms with van der Waals surface area (Å²) in [4.78, 5) is 13.2. The number of aryl methyl sites for hydroxylation is 1. The van der Waals surface area contributed by atoms with Gasteiger partial charge in [0.05, 0.1) is 0 Å². The molecule has 1 unspecified atom stereocenters. The van der Waals surface area contributed by atoms with E-state index in [1.165, 1.54) is 17.9 Å². The molecule has 0 radical (unpaired) electrons. The number of rotatable bonds is 5. The zero-order chi connectivity index (χ0) is 12.3. The highest BCUT2D eigenvalue weighted by atomic mass is 19.3. The van der Waals surface area contributed by atoms with Crippen LogP contribution in [0.5, 0.6) is 0 Å². The van der Waals surface area contributed by atoms with Crippen LogP contribution in [0.3, 0.4) is 0 Å². The smallest absolute Gasteiger partial charge is 0.385 e. The number of nitrogens with one attached hydrogen (secondary N) is 1. The third-order valence-corrected chi connectivity index (χ3v) is 1.86. The molecule has 0 saturated carbocycles. The van der Waals surface area contributed by atoms with E-state index in [1.54, 1.807) is 0 Å². The van der Waals surface area contributed by atoms with Gasteiger partial charge in [0.2, 0.25) is 12.1 Å². The predicted molar refractivity (Wildman–Crippen MR) is 50.4 cm³/mol. The summed E-state index contributed by atoms with van der Waals surface area (Å²) in [7, 11) is 1.47. The Balaban J connectivity index is 2.73. The summed E-state index contributed by atoms with van der Waals surface area (Å²) >= 11 is 0. The standard InChI is InChI=1S/C7H10F2N4O3/c1-12-3-11-7(13(15)16)6(12)10-2-4(14)5(8)9/h3-5,10,14H,2H2,1H3. The number of hydrogen-bond acceptors (Lipinski definition) is 5. The minimum atomic E-state index is -2.90. The van der Waals surface area contributed by atoms with Crippen LogP contribution in [0.15, 0.2) is 6.33 Å². The molecule has 1 aromatic heterocycles. The maximum atomic E-state index is 12.0. The fourth-order valence-electron chi connectivity index (χ4n) is 1.05. The second-order valence-corrected chi connectivity index (χ2v) is 3.07. The van der Waals surface area contributed by atoms with Crippen LogP contribution in [-0.2, 0) is 7.05 Å². The maximum Gasteiger partial charge on any atom is 0.406 e. The average molecular weight is 236 g/mol. The Labute approximate surface area is 88.9 Å². The van der Waals surface area contributed by atoms with Crippen LogP contribution in [0.1, 0.15) is 0 Å². The lowest BCUT2D eigenvalue weighted by Gasteiger charge is -2.11. The number of imidazole rings is 1. The molecule has 90 valence electrons. The molecule has 0 amide bonds. The van der Waals surface area contributed by atoms with Crippen LogP contribution in [0.25, 0.3) is 0 Å². The topological polar surface area (TPSA) is 93.2 Å². The van der Waals surface area contributed by atoms with E-state index in [0.717, 1.165) is 0 Å². The molecule has 0 aliphatic rings. The van der Waals surface area contributed by atoms with E-state index >= 15 is 0 Å². The summed E-state index contributed by atoms with van der Waals surface area (Å²) in [6.45, 7) is -0.488. The Morgan fingerprint density at radius 3 is 2.88 bits per heavy atom. The summed E-state index contributed by atoms with van der Waals surface area (Å²) in [6, 6.07) is 0. The van der Waals surface area contributed by atoms with Crippen molar-refractivity contribution in [3.8, 4) is 0 Å². The predicted octanol–water partition coefficient (Wildman–Crippen LogP) is 0.366. The first-order valence-corrected chi connectivity index (χ1v) is 4.29. The van der Waals surface area contributed by atoms with Crippen LogP contribution in [0.2, 0.25) is 0 Å². The average Bonchev–Trinajstić information content (AvgIpc) is 2.56. The Morgan fingerprint density at radius 2 is 2.38 bits per heavy atom. The van der Waals surface area contributed by atoms with Gasteiger partial charge in [0.25, 0.3) is 6.43 Å². The summed E-state index contributed by atoms with van der Waals surface area (Å²) < 4.78 is 25.2. The molecule has 1 heterocycles. The highest BCUT2D eigenvalue weighted by Gasteiger charge is 2.22. The maximum absolute atomic E-state index is 12.0. The van der Waals surface area contributed by atoms with Crippen molar-refractivity contribution in [1.29, 1.82) is 0 Å². The fraction of sp³-hybridized carbons (Fsp3) is 0.571. The molecule has 0 saturated heterocycles. The zero-order valence-electron chi connectivity index (χ0n) is 8.30. The first-order chi connectivity index (χ1) is 7.43. The van der Waals surface area contributed by atoms with Gasteiger partial charge in [-0.1, -0.05) is 0 Å². The van der Waals surface area contributed by atoms with E-state index in [9.17, 15) is 18.9 Å². The minimum Gasteiger partial charge on any atom is -0.385 e. The van der Waals surface area contributed by atoms with Gasteiger partial charge in [-0.15, -0.1) is 0 Å². The van der Waals surface area contributed by atoms with Crippen molar-refractivity contribution < 1.29 is 18.8 Å². The number of aromatic nitrogens is 2. The molecular weight excluding hydrogens is 226 g/mol. The number of alkyl halides is 2. The van der Waals surface area contributed by atoms with Crippen LogP contribution in [0.4, 0.5) is 20.4 Å². The molecule has 0 bridgehead atoms. The van der Waals surface area contributed by atoms with Crippen molar-refractivity contribution in [3.05, 3.63) is 16.4 Å². The molecule has 0 aromatic carbocycles. The van der Waals surface area contributed by atoms with Crippen molar-refractivity contribution in [2.24, 2.45) is 7.05 Å². The molecule has 16 heavy (non-hydrogen) atoms. The zero-order valence-corrected chi connectivity index (χ0v) is 8.30. The second kappa shape index (κ2) is 4.84. The fourth-order valence-corrected chi connectivity index (χ4v) is 1.05. The first kappa shape index (κ1) is 12.3. The summed E-state index contributed by atoms with van der Waals surface area (Å²) in [6.07, 6.45) is -3.61. The Hall–Kier alpha value is -1.77. The normalized spacial score (nSPS) is 12.8. The van der Waals surface area contributed by atoms with Gasteiger partial charge in [-0.05, 0) is 9.91 Å². The van der Waals surface area contributed by atoms with Crippen molar-refractivity contribution in [2.75, 3.05) is 11.9 Å². The van der Waals surface area contributed by atoms with E-state index in [-0.39, 0.29) is 5.82 Å². The molecule has 9 heteroatoms. The molecule has 0 spiro atoms. The number of aliphatic hydroxyl groups is 1. The monoisotopic (exact) mass is 236 g/mol. The van der Waals surface area contributed by atoms with Crippen molar-refractivity contribution in [3.63, 3.8) is 0 Å². The van der Waals surface area contributed by atoms with E-state index in [0.29, 0.717) is 0 Å². The molecular formula is C7H10F2N4O3. The van der Waals surface area contributed by atoms with E-state index in [4.69, 9.17) is 5.11 Å². The van der Waals surface area contributed by atoms with E-state index in [2.05, 4.69) is 10.3 Å². The van der Waals surface area contributed by atoms with Gasteiger partial charge in [-0.25, -0.2) is 8.78 Å². The number of nitrogens with zero attached hydrogens (tertiary/aromatic N) is 3. The lowest BCUT2D eigenvalue weighted by molar-refractivity contribution is -0.388. The number of aliphatic hydroxyl groups excluding tert-OH is 1.